The highest BCUT2D eigenvalue weighted by Crippen LogP contribution is 2.47. The predicted molar refractivity (Wildman–Crippen MR) is 126 cm³/mol. The van der Waals surface area contributed by atoms with Crippen molar-refractivity contribution in [2.75, 3.05) is 27.9 Å². The van der Waals surface area contributed by atoms with Crippen LogP contribution in [0.4, 0.5) is 0 Å². The average Bonchev–Trinajstić information content (AvgIpc) is 3.36. The summed E-state index contributed by atoms with van der Waals surface area (Å²) in [6, 6.07) is 23.0. The smallest absolute Gasteiger partial charge is 0.320 e. The molecule has 6 heteroatoms. The Hall–Kier alpha value is -3.51. The molecule has 1 fully saturated rings. The lowest BCUT2D eigenvalue weighted by Gasteiger charge is -2.45. The van der Waals surface area contributed by atoms with Gasteiger partial charge in [-0.1, -0.05) is 36.4 Å². The van der Waals surface area contributed by atoms with Gasteiger partial charge >= 0.3 is 5.97 Å². The van der Waals surface area contributed by atoms with Crippen LogP contribution in [-0.2, 0) is 10.3 Å². The van der Waals surface area contributed by atoms with E-state index in [2.05, 4.69) is 4.90 Å². The normalized spacial score (nSPS) is 16.4. The molecule has 1 aliphatic heterocycles. The van der Waals surface area contributed by atoms with Gasteiger partial charge in [0.1, 0.15) is 23.3 Å². The number of methoxy groups -OCH3 is 3. The molecular formula is C27H29NO5. The Morgan fingerprint density at radius 2 is 1.12 bits per heavy atom. The van der Waals surface area contributed by atoms with Crippen LogP contribution in [0, 0.1) is 0 Å². The number of aliphatic carboxylic acids is 1. The van der Waals surface area contributed by atoms with Crippen LogP contribution >= 0.6 is 0 Å². The van der Waals surface area contributed by atoms with Crippen molar-refractivity contribution < 1.29 is 24.1 Å². The zero-order chi connectivity index (χ0) is 23.4. The fourth-order valence-electron chi connectivity index (χ4n) is 4.92. The zero-order valence-corrected chi connectivity index (χ0v) is 19.2. The second-order valence-corrected chi connectivity index (χ2v) is 8.09. The number of ether oxygens (including phenoxy) is 3. The summed E-state index contributed by atoms with van der Waals surface area (Å²) in [6.45, 7) is 0.654. The number of hydrogen-bond acceptors (Lipinski definition) is 5. The van der Waals surface area contributed by atoms with E-state index < -0.39 is 17.6 Å². The van der Waals surface area contributed by atoms with Gasteiger partial charge in [0.15, 0.2) is 0 Å². The van der Waals surface area contributed by atoms with Crippen LogP contribution in [0.5, 0.6) is 17.2 Å². The highest BCUT2D eigenvalue weighted by molar-refractivity contribution is 5.74. The summed E-state index contributed by atoms with van der Waals surface area (Å²) in [5.74, 6) is 1.42. The van der Waals surface area contributed by atoms with E-state index in [1.54, 1.807) is 21.3 Å². The quantitative estimate of drug-likeness (QED) is 0.511. The first-order valence-electron chi connectivity index (χ1n) is 11.0. The van der Waals surface area contributed by atoms with Crippen molar-refractivity contribution >= 4 is 5.97 Å². The first-order valence-corrected chi connectivity index (χ1v) is 11.0. The summed E-state index contributed by atoms with van der Waals surface area (Å²) in [6.07, 6.45) is 1.40. The molecule has 6 nitrogen and oxygen atoms in total. The number of rotatable bonds is 8. The number of hydrogen-bond donors (Lipinski definition) is 1. The zero-order valence-electron chi connectivity index (χ0n) is 19.2. The van der Waals surface area contributed by atoms with Crippen LogP contribution in [0.3, 0.4) is 0 Å². The maximum absolute atomic E-state index is 12.4. The van der Waals surface area contributed by atoms with Gasteiger partial charge in [0.25, 0.3) is 0 Å². The molecule has 0 spiro atoms. The fraction of sp³-hybridized carbons (Fsp3) is 0.296. The third-order valence-corrected chi connectivity index (χ3v) is 6.49. The van der Waals surface area contributed by atoms with Gasteiger partial charge < -0.3 is 19.3 Å². The maximum atomic E-state index is 12.4. The average molecular weight is 448 g/mol. The number of carbonyl (C=O) groups is 1. The summed E-state index contributed by atoms with van der Waals surface area (Å²) in [4.78, 5) is 14.5. The molecular weight excluding hydrogens is 418 g/mol. The highest BCUT2D eigenvalue weighted by atomic mass is 16.5. The molecule has 0 unspecified atom stereocenters. The summed E-state index contributed by atoms with van der Waals surface area (Å²) in [7, 11) is 4.91. The molecule has 1 saturated heterocycles. The predicted octanol–water partition coefficient (Wildman–Crippen LogP) is 4.55. The minimum atomic E-state index is -0.829. The van der Waals surface area contributed by atoms with Gasteiger partial charge in [-0.2, -0.15) is 0 Å². The van der Waals surface area contributed by atoms with Crippen molar-refractivity contribution in [1.82, 2.24) is 4.90 Å². The molecule has 0 aliphatic carbocycles. The third kappa shape index (κ3) is 4.02. The first kappa shape index (κ1) is 22.7. The molecule has 0 amide bonds. The molecule has 1 aliphatic rings. The Morgan fingerprint density at radius 1 is 0.758 bits per heavy atom. The van der Waals surface area contributed by atoms with Crippen LogP contribution < -0.4 is 14.2 Å². The second-order valence-electron chi connectivity index (χ2n) is 8.09. The number of carboxylic acids is 1. The molecule has 172 valence electrons. The van der Waals surface area contributed by atoms with Gasteiger partial charge in [-0.05, 0) is 65.9 Å². The Kier molecular flexibility index (Phi) is 6.56. The molecule has 33 heavy (non-hydrogen) atoms. The van der Waals surface area contributed by atoms with Crippen molar-refractivity contribution in [1.29, 1.82) is 0 Å². The SMILES string of the molecule is COc1ccc(C(c2ccc(OC)cc2)(c2ccc(OC)cc2)N2CCC[C@H]2C(=O)O)cc1. The standard InChI is InChI=1S/C27H29NO5/c1-31-22-12-6-19(7-13-22)27(20-8-14-23(32-2)15-9-20,21-10-16-24(33-3)17-11-21)28-18-4-5-25(28)26(29)30/h6-17,25H,4-5,18H2,1-3H3,(H,29,30)/t25-/m0/s1. The van der Waals surface area contributed by atoms with E-state index >= 15 is 0 Å². The van der Waals surface area contributed by atoms with E-state index in [-0.39, 0.29) is 0 Å². The van der Waals surface area contributed by atoms with E-state index in [9.17, 15) is 9.90 Å². The molecule has 1 N–H and O–H groups in total. The Balaban J connectivity index is 2.03. The van der Waals surface area contributed by atoms with E-state index in [1.165, 1.54) is 0 Å². The molecule has 1 atom stereocenters. The van der Waals surface area contributed by atoms with E-state index in [4.69, 9.17) is 14.2 Å². The number of benzene rings is 3. The minimum absolute atomic E-state index is 0.597. The molecule has 0 saturated carbocycles. The lowest BCUT2D eigenvalue weighted by molar-refractivity contribution is -0.143. The number of likely N-dealkylation sites (tertiary alicyclic amines) is 1. The number of nitrogens with zero attached hydrogens (tertiary/aromatic N) is 1. The van der Waals surface area contributed by atoms with E-state index in [0.717, 1.165) is 40.4 Å². The summed E-state index contributed by atoms with van der Waals surface area (Å²) >= 11 is 0. The van der Waals surface area contributed by atoms with Crippen molar-refractivity contribution in [2.45, 2.75) is 24.4 Å². The highest BCUT2D eigenvalue weighted by Gasteiger charge is 2.49. The molecule has 3 aromatic rings. The minimum Gasteiger partial charge on any atom is -0.497 e. The summed E-state index contributed by atoms with van der Waals surface area (Å²) < 4.78 is 16.2. The largest absolute Gasteiger partial charge is 0.497 e. The van der Waals surface area contributed by atoms with Gasteiger partial charge in [-0.25, -0.2) is 0 Å². The van der Waals surface area contributed by atoms with Gasteiger partial charge in [0.05, 0.1) is 26.9 Å². The van der Waals surface area contributed by atoms with Gasteiger partial charge in [0.2, 0.25) is 0 Å². The maximum Gasteiger partial charge on any atom is 0.320 e. The molecule has 0 radical (unpaired) electrons. The lowest BCUT2D eigenvalue weighted by atomic mass is 9.75. The Morgan fingerprint density at radius 3 is 1.42 bits per heavy atom. The van der Waals surface area contributed by atoms with Crippen molar-refractivity contribution in [3.63, 3.8) is 0 Å². The monoisotopic (exact) mass is 447 g/mol. The van der Waals surface area contributed by atoms with Crippen LogP contribution in [0.25, 0.3) is 0 Å². The Bertz CT molecular complexity index is 961. The first-order chi connectivity index (χ1) is 16.0. The van der Waals surface area contributed by atoms with Crippen LogP contribution in [0.15, 0.2) is 72.8 Å². The lowest BCUT2D eigenvalue weighted by Crippen LogP contribution is -2.52. The van der Waals surface area contributed by atoms with Gasteiger partial charge in [-0.15, -0.1) is 0 Å². The van der Waals surface area contributed by atoms with Crippen molar-refractivity contribution in [3.05, 3.63) is 89.5 Å². The second kappa shape index (κ2) is 9.55. The molecule has 1 heterocycles. The molecule has 0 bridgehead atoms. The van der Waals surface area contributed by atoms with Crippen LogP contribution in [-0.4, -0.2) is 49.9 Å². The Labute approximate surface area is 194 Å². The summed E-state index contributed by atoms with van der Waals surface area (Å²) in [5.41, 5.74) is 2.06. The molecule has 3 aromatic carbocycles. The number of carboxylic acid groups (broad SMARTS) is 1. The van der Waals surface area contributed by atoms with E-state index in [0.29, 0.717) is 13.0 Å². The molecule has 4 rings (SSSR count). The van der Waals surface area contributed by atoms with E-state index in [1.807, 2.05) is 72.8 Å². The topological polar surface area (TPSA) is 68.2 Å². The summed E-state index contributed by atoms with van der Waals surface area (Å²) in [5, 5.41) is 10.1. The molecule has 0 aromatic heterocycles. The third-order valence-electron chi connectivity index (χ3n) is 6.49. The van der Waals surface area contributed by atoms with Crippen LogP contribution in [0.2, 0.25) is 0 Å². The van der Waals surface area contributed by atoms with Crippen molar-refractivity contribution in [3.8, 4) is 17.2 Å². The van der Waals surface area contributed by atoms with Gasteiger partial charge in [0, 0.05) is 6.54 Å². The fourth-order valence-corrected chi connectivity index (χ4v) is 4.92. The van der Waals surface area contributed by atoms with Crippen LogP contribution in [0.1, 0.15) is 29.5 Å². The van der Waals surface area contributed by atoms with Crippen molar-refractivity contribution in [2.24, 2.45) is 0 Å². The van der Waals surface area contributed by atoms with Gasteiger partial charge in [-0.3, -0.25) is 9.69 Å².